The van der Waals surface area contributed by atoms with E-state index in [1.165, 1.54) is 0 Å². The lowest BCUT2D eigenvalue weighted by Crippen LogP contribution is -2.11. The van der Waals surface area contributed by atoms with Gasteiger partial charge < -0.3 is 15.0 Å². The summed E-state index contributed by atoms with van der Waals surface area (Å²) in [6.45, 7) is 6.90. The number of ether oxygens (including phenoxy) is 1. The van der Waals surface area contributed by atoms with Gasteiger partial charge in [0.25, 0.3) is 0 Å². The van der Waals surface area contributed by atoms with Crippen LogP contribution in [0.15, 0.2) is 5.16 Å². The third kappa shape index (κ3) is 6.05. The number of nitrogens with zero attached hydrogens (tertiary/aromatic N) is 3. The molecule has 0 aromatic carbocycles. The molecule has 0 radical (unpaired) electrons. The Bertz CT molecular complexity index is 435. The zero-order valence-corrected chi connectivity index (χ0v) is 14.0. The van der Waals surface area contributed by atoms with Gasteiger partial charge in [0.15, 0.2) is 5.16 Å². The van der Waals surface area contributed by atoms with E-state index in [1.54, 1.807) is 11.8 Å². The third-order valence-electron chi connectivity index (χ3n) is 3.00. The molecular weight excluding hydrogens is 288 g/mol. The molecule has 1 aromatic heterocycles. The van der Waals surface area contributed by atoms with Crippen molar-refractivity contribution in [2.75, 3.05) is 12.4 Å². The minimum Gasteiger partial charge on any atom is -0.466 e. The largest absolute Gasteiger partial charge is 0.466 e. The molecular formula is C14H26N4O2S. The predicted octanol–water partition coefficient (Wildman–Crippen LogP) is 2.53. The predicted molar refractivity (Wildman–Crippen MR) is 84.1 cm³/mol. The molecule has 6 nitrogen and oxygen atoms in total. The van der Waals surface area contributed by atoms with Gasteiger partial charge in [-0.2, -0.15) is 0 Å². The van der Waals surface area contributed by atoms with Gasteiger partial charge in [0.05, 0.1) is 13.2 Å². The number of aromatic nitrogens is 3. The zero-order valence-electron chi connectivity index (χ0n) is 13.2. The number of carbonyl (C=O) groups excluding carboxylic acids is 1. The summed E-state index contributed by atoms with van der Waals surface area (Å²) in [6.07, 6.45) is 3.46. The average molecular weight is 314 g/mol. The minimum atomic E-state index is -0.0997. The van der Waals surface area contributed by atoms with Crippen LogP contribution in [0.3, 0.4) is 0 Å². The van der Waals surface area contributed by atoms with Gasteiger partial charge in [-0.3, -0.25) is 4.79 Å². The van der Waals surface area contributed by atoms with E-state index in [-0.39, 0.29) is 5.97 Å². The van der Waals surface area contributed by atoms with Gasteiger partial charge in [-0.25, -0.2) is 0 Å². The Balaban J connectivity index is 2.27. The van der Waals surface area contributed by atoms with Crippen molar-refractivity contribution in [3.63, 3.8) is 0 Å². The first kappa shape index (κ1) is 18.0. The lowest BCUT2D eigenvalue weighted by molar-refractivity contribution is -0.143. The standard InChI is InChI=1S/C14H26N4O2S/c1-4-20-13(19)8-6-5-7-9-21-14-17-16-12(10-15)18(14)11(2)3/h11H,4-10,15H2,1-3H3. The summed E-state index contributed by atoms with van der Waals surface area (Å²) in [7, 11) is 0. The number of thioether (sulfide) groups is 1. The lowest BCUT2D eigenvalue weighted by atomic mass is 10.2. The quantitative estimate of drug-likeness (QED) is 0.406. The van der Waals surface area contributed by atoms with Crippen LogP contribution >= 0.6 is 11.8 Å². The summed E-state index contributed by atoms with van der Waals surface area (Å²) in [5.41, 5.74) is 5.67. The smallest absolute Gasteiger partial charge is 0.305 e. The van der Waals surface area contributed by atoms with Crippen molar-refractivity contribution in [2.24, 2.45) is 5.73 Å². The Morgan fingerprint density at radius 3 is 2.71 bits per heavy atom. The second kappa shape index (κ2) is 9.78. The summed E-state index contributed by atoms with van der Waals surface area (Å²) in [5, 5.41) is 9.25. The SMILES string of the molecule is CCOC(=O)CCCCCSc1nnc(CN)n1C(C)C. The number of hydrogen-bond acceptors (Lipinski definition) is 6. The zero-order chi connectivity index (χ0) is 15.7. The van der Waals surface area contributed by atoms with Crippen molar-refractivity contribution in [1.29, 1.82) is 0 Å². The molecule has 1 aromatic rings. The molecule has 0 saturated carbocycles. The molecule has 0 atom stereocenters. The van der Waals surface area contributed by atoms with Gasteiger partial charge in [-0.05, 0) is 33.6 Å². The molecule has 0 aliphatic heterocycles. The van der Waals surface area contributed by atoms with E-state index in [4.69, 9.17) is 10.5 Å². The van der Waals surface area contributed by atoms with E-state index < -0.39 is 0 Å². The van der Waals surface area contributed by atoms with E-state index in [0.29, 0.717) is 25.6 Å². The van der Waals surface area contributed by atoms with Gasteiger partial charge in [0.1, 0.15) is 5.82 Å². The topological polar surface area (TPSA) is 83.0 Å². The summed E-state index contributed by atoms with van der Waals surface area (Å²) < 4.78 is 6.98. The number of unbranched alkanes of at least 4 members (excludes halogenated alkanes) is 2. The van der Waals surface area contributed by atoms with Gasteiger partial charge in [-0.15, -0.1) is 10.2 Å². The van der Waals surface area contributed by atoms with Crippen molar-refractivity contribution in [1.82, 2.24) is 14.8 Å². The number of esters is 1. The number of hydrogen-bond donors (Lipinski definition) is 1. The maximum atomic E-state index is 11.2. The Kier molecular flexibility index (Phi) is 8.37. The second-order valence-corrected chi connectivity index (χ2v) is 6.09. The molecule has 0 unspecified atom stereocenters. The fourth-order valence-corrected chi connectivity index (χ4v) is 3.09. The minimum absolute atomic E-state index is 0.0997. The van der Waals surface area contributed by atoms with Crippen molar-refractivity contribution < 1.29 is 9.53 Å². The molecule has 2 N–H and O–H groups in total. The van der Waals surface area contributed by atoms with Crippen LogP contribution in [0.1, 0.15) is 58.3 Å². The Hall–Kier alpha value is -1.08. The fourth-order valence-electron chi connectivity index (χ4n) is 2.01. The Labute approximate surface area is 130 Å². The third-order valence-corrected chi connectivity index (χ3v) is 4.03. The molecule has 21 heavy (non-hydrogen) atoms. The molecule has 0 spiro atoms. The number of nitrogens with two attached hydrogens (primary N) is 1. The first-order valence-corrected chi connectivity index (χ1v) is 8.51. The van der Waals surface area contributed by atoms with Crippen molar-refractivity contribution in [2.45, 2.75) is 64.2 Å². The normalized spacial score (nSPS) is 11.1. The maximum Gasteiger partial charge on any atom is 0.305 e. The summed E-state index contributed by atoms with van der Waals surface area (Å²) in [4.78, 5) is 11.2. The molecule has 0 amide bonds. The first-order chi connectivity index (χ1) is 10.1. The molecule has 7 heteroatoms. The van der Waals surface area contributed by atoms with Crippen LogP contribution in [0.2, 0.25) is 0 Å². The van der Waals surface area contributed by atoms with Crippen molar-refractivity contribution in [3.8, 4) is 0 Å². The van der Waals surface area contributed by atoms with Crippen LogP contribution in [0.25, 0.3) is 0 Å². The molecule has 0 aliphatic carbocycles. The summed E-state index contributed by atoms with van der Waals surface area (Å²) in [6, 6.07) is 0.310. The average Bonchev–Trinajstić information content (AvgIpc) is 2.86. The van der Waals surface area contributed by atoms with Gasteiger partial charge in [0.2, 0.25) is 0 Å². The van der Waals surface area contributed by atoms with Crippen LogP contribution < -0.4 is 5.73 Å². The highest BCUT2D eigenvalue weighted by Crippen LogP contribution is 2.22. The second-order valence-electron chi connectivity index (χ2n) is 5.03. The monoisotopic (exact) mass is 314 g/mol. The first-order valence-electron chi connectivity index (χ1n) is 7.52. The molecule has 0 saturated heterocycles. The molecule has 1 heterocycles. The highest BCUT2D eigenvalue weighted by Gasteiger charge is 2.13. The Morgan fingerprint density at radius 1 is 1.33 bits per heavy atom. The van der Waals surface area contributed by atoms with Gasteiger partial charge in [0, 0.05) is 18.2 Å². The summed E-state index contributed by atoms with van der Waals surface area (Å²) in [5.74, 6) is 1.70. The molecule has 120 valence electrons. The van der Waals surface area contributed by atoms with Crippen LogP contribution in [0, 0.1) is 0 Å². The molecule has 0 aliphatic rings. The van der Waals surface area contributed by atoms with E-state index >= 15 is 0 Å². The molecule has 1 rings (SSSR count). The van der Waals surface area contributed by atoms with Gasteiger partial charge >= 0.3 is 5.97 Å². The van der Waals surface area contributed by atoms with Crippen LogP contribution in [-0.2, 0) is 16.1 Å². The van der Waals surface area contributed by atoms with Crippen LogP contribution in [0.5, 0.6) is 0 Å². The molecule has 0 fully saturated rings. The Morgan fingerprint density at radius 2 is 2.10 bits per heavy atom. The molecule has 0 bridgehead atoms. The maximum absolute atomic E-state index is 11.2. The van der Waals surface area contributed by atoms with Crippen molar-refractivity contribution in [3.05, 3.63) is 5.82 Å². The van der Waals surface area contributed by atoms with Gasteiger partial charge in [-0.1, -0.05) is 18.2 Å². The van der Waals surface area contributed by atoms with Crippen LogP contribution in [0.4, 0.5) is 0 Å². The van der Waals surface area contributed by atoms with E-state index in [0.717, 1.165) is 36.0 Å². The highest BCUT2D eigenvalue weighted by molar-refractivity contribution is 7.99. The lowest BCUT2D eigenvalue weighted by Gasteiger charge is -2.12. The van der Waals surface area contributed by atoms with E-state index in [1.807, 2.05) is 6.92 Å². The van der Waals surface area contributed by atoms with E-state index in [9.17, 15) is 4.79 Å². The van der Waals surface area contributed by atoms with E-state index in [2.05, 4.69) is 28.6 Å². The fraction of sp³-hybridized carbons (Fsp3) is 0.786. The van der Waals surface area contributed by atoms with Crippen LogP contribution in [-0.4, -0.2) is 33.1 Å². The highest BCUT2D eigenvalue weighted by atomic mass is 32.2. The van der Waals surface area contributed by atoms with Crippen molar-refractivity contribution >= 4 is 17.7 Å². The number of rotatable bonds is 10. The number of carbonyl (C=O) groups is 1. The summed E-state index contributed by atoms with van der Waals surface area (Å²) >= 11 is 1.70.